The van der Waals surface area contributed by atoms with Crippen molar-refractivity contribution in [3.8, 4) is 0 Å². The summed E-state index contributed by atoms with van der Waals surface area (Å²) in [5.41, 5.74) is 0.402. The molecule has 0 aromatic heterocycles. The normalized spacial score (nSPS) is 18.1. The van der Waals surface area contributed by atoms with Gasteiger partial charge in [-0.1, -0.05) is 18.2 Å². The third kappa shape index (κ3) is 3.06. The molecule has 0 atom stereocenters. The van der Waals surface area contributed by atoms with Crippen molar-refractivity contribution < 1.29 is 26.7 Å². The maximum atomic E-state index is 14.0. The first-order valence-corrected chi connectivity index (χ1v) is 10.1. The number of anilines is 1. The van der Waals surface area contributed by atoms with Gasteiger partial charge in [-0.25, -0.2) is 17.2 Å². The number of morpholine rings is 1. The lowest BCUT2D eigenvalue weighted by Gasteiger charge is -2.30. The van der Waals surface area contributed by atoms with Crippen LogP contribution in [0.15, 0.2) is 52.3 Å². The Hall–Kier alpha value is -2.78. The van der Waals surface area contributed by atoms with Crippen molar-refractivity contribution in [2.75, 3.05) is 31.6 Å². The van der Waals surface area contributed by atoms with Gasteiger partial charge in [-0.3, -0.25) is 4.79 Å². The zero-order valence-electron chi connectivity index (χ0n) is 14.6. The van der Waals surface area contributed by atoms with Crippen LogP contribution in [0.1, 0.15) is 5.56 Å². The second kappa shape index (κ2) is 6.99. The van der Waals surface area contributed by atoms with Crippen molar-refractivity contribution in [3.63, 3.8) is 0 Å². The van der Waals surface area contributed by atoms with Crippen LogP contribution in [0.25, 0.3) is 5.70 Å². The molecule has 28 heavy (non-hydrogen) atoms. The lowest BCUT2D eigenvalue weighted by Crippen LogP contribution is -2.36. The number of nitrogens with one attached hydrogen (secondary N) is 1. The van der Waals surface area contributed by atoms with Gasteiger partial charge in [-0.2, -0.15) is 0 Å². The van der Waals surface area contributed by atoms with E-state index in [4.69, 9.17) is 4.74 Å². The number of nitrogens with zero attached hydrogens (tertiary/aromatic N) is 1. The summed E-state index contributed by atoms with van der Waals surface area (Å²) in [6.45, 7) is 1.63. The van der Waals surface area contributed by atoms with Crippen LogP contribution < -0.4 is 5.32 Å². The Kier molecular flexibility index (Phi) is 4.64. The van der Waals surface area contributed by atoms with Crippen molar-refractivity contribution in [1.29, 1.82) is 0 Å². The second-order valence-corrected chi connectivity index (χ2v) is 8.21. The highest BCUT2D eigenvalue weighted by Gasteiger charge is 2.42. The Labute approximate surface area is 160 Å². The molecule has 2 aliphatic rings. The highest BCUT2D eigenvalue weighted by atomic mass is 32.2. The minimum Gasteiger partial charge on any atom is -0.378 e. The SMILES string of the molecule is O=C(Nc1ccc(F)cc1F)C1=C(N2CCOCC2)c2ccccc2S1(=O)=O. The number of halogens is 2. The molecule has 1 N–H and O–H groups in total. The standard InChI is InChI=1S/C19H16F2N2O4S/c20-12-5-6-15(14(21)11-12)22-19(24)18-17(23-7-9-27-10-8-23)13-3-1-2-4-16(13)28(18,25)26/h1-6,11H,7-10H2,(H,22,24). The van der Waals surface area contributed by atoms with E-state index in [2.05, 4.69) is 5.32 Å². The molecule has 0 spiro atoms. The quantitative estimate of drug-likeness (QED) is 0.847. The highest BCUT2D eigenvalue weighted by molar-refractivity contribution is 7.97. The van der Waals surface area contributed by atoms with Crippen molar-refractivity contribution in [2.45, 2.75) is 4.90 Å². The summed E-state index contributed by atoms with van der Waals surface area (Å²) in [6.07, 6.45) is 0. The number of hydrogen-bond acceptors (Lipinski definition) is 5. The minimum atomic E-state index is -4.10. The van der Waals surface area contributed by atoms with E-state index in [0.717, 1.165) is 12.1 Å². The number of sulfone groups is 1. The van der Waals surface area contributed by atoms with Crippen LogP contribution >= 0.6 is 0 Å². The van der Waals surface area contributed by atoms with Crippen molar-refractivity contribution in [2.24, 2.45) is 0 Å². The van der Waals surface area contributed by atoms with Crippen LogP contribution in [0.5, 0.6) is 0 Å². The Balaban J connectivity index is 1.81. The van der Waals surface area contributed by atoms with E-state index in [1.54, 1.807) is 23.1 Å². The van der Waals surface area contributed by atoms with Gasteiger partial charge in [-0.15, -0.1) is 0 Å². The van der Waals surface area contributed by atoms with Gasteiger partial charge in [-0.05, 0) is 18.2 Å². The summed E-state index contributed by atoms with van der Waals surface area (Å²) in [4.78, 5) is 14.3. The minimum absolute atomic E-state index is 0.0289. The Morgan fingerprint density at radius 3 is 2.50 bits per heavy atom. The molecule has 2 heterocycles. The highest BCUT2D eigenvalue weighted by Crippen LogP contribution is 2.41. The number of ether oxygens (including phenoxy) is 1. The fourth-order valence-corrected chi connectivity index (χ4v) is 5.08. The first kappa shape index (κ1) is 18.6. The van der Waals surface area contributed by atoms with Crippen molar-refractivity contribution >= 4 is 27.1 Å². The molecule has 146 valence electrons. The number of fused-ring (bicyclic) bond motifs is 1. The number of hydrogen-bond donors (Lipinski definition) is 1. The van der Waals surface area contributed by atoms with E-state index >= 15 is 0 Å². The molecule has 0 saturated carbocycles. The predicted octanol–water partition coefficient (Wildman–Crippen LogP) is 2.39. The molecule has 0 radical (unpaired) electrons. The molecule has 9 heteroatoms. The van der Waals surface area contributed by atoms with Crippen molar-refractivity contribution in [3.05, 3.63) is 64.6 Å². The van der Waals surface area contributed by atoms with Crippen LogP contribution in [-0.2, 0) is 19.4 Å². The number of carbonyl (C=O) groups is 1. The smallest absolute Gasteiger partial charge is 0.269 e. The van der Waals surface area contributed by atoms with Crippen LogP contribution in [0.2, 0.25) is 0 Å². The molecule has 6 nitrogen and oxygen atoms in total. The largest absolute Gasteiger partial charge is 0.378 e. The maximum absolute atomic E-state index is 14.0. The van der Waals surface area contributed by atoms with Gasteiger partial charge >= 0.3 is 0 Å². The van der Waals surface area contributed by atoms with Gasteiger partial charge in [0.15, 0.2) is 4.91 Å². The molecule has 2 aromatic rings. The van der Waals surface area contributed by atoms with E-state index in [9.17, 15) is 22.0 Å². The Bertz CT molecular complexity index is 1090. The predicted molar refractivity (Wildman–Crippen MR) is 97.9 cm³/mol. The monoisotopic (exact) mass is 406 g/mol. The van der Waals surface area contributed by atoms with Crippen LogP contribution in [0, 0.1) is 11.6 Å². The molecular formula is C19H16F2N2O4S. The second-order valence-electron chi connectivity index (χ2n) is 6.36. The number of amides is 1. The molecule has 1 fully saturated rings. The average Bonchev–Trinajstić information content (AvgIpc) is 2.92. The van der Waals surface area contributed by atoms with Crippen LogP contribution in [0.3, 0.4) is 0 Å². The summed E-state index contributed by atoms with van der Waals surface area (Å²) >= 11 is 0. The summed E-state index contributed by atoms with van der Waals surface area (Å²) in [7, 11) is -4.10. The van der Waals surface area contributed by atoms with E-state index in [1.165, 1.54) is 6.07 Å². The molecular weight excluding hydrogens is 390 g/mol. The van der Waals surface area contributed by atoms with E-state index < -0.39 is 32.3 Å². The lowest BCUT2D eigenvalue weighted by atomic mass is 10.1. The van der Waals surface area contributed by atoms with Crippen LogP contribution in [-0.4, -0.2) is 45.5 Å². The van der Waals surface area contributed by atoms with E-state index in [0.29, 0.717) is 37.9 Å². The molecule has 2 aromatic carbocycles. The third-order valence-corrected chi connectivity index (χ3v) is 6.48. The van der Waals surface area contributed by atoms with Gasteiger partial charge in [0.05, 0.1) is 29.5 Å². The molecule has 0 unspecified atom stereocenters. The van der Waals surface area contributed by atoms with Gasteiger partial charge in [0, 0.05) is 24.7 Å². The summed E-state index contributed by atoms with van der Waals surface area (Å²) < 4.78 is 58.5. The number of rotatable bonds is 3. The third-order valence-electron chi connectivity index (χ3n) is 4.63. The fraction of sp³-hybridized carbons (Fsp3) is 0.211. The average molecular weight is 406 g/mol. The Morgan fingerprint density at radius 1 is 1.07 bits per heavy atom. The number of benzene rings is 2. The van der Waals surface area contributed by atoms with Crippen LogP contribution in [0.4, 0.5) is 14.5 Å². The number of carbonyl (C=O) groups excluding carboxylic acids is 1. The first-order chi connectivity index (χ1) is 13.4. The summed E-state index contributed by atoms with van der Waals surface area (Å²) in [6, 6.07) is 8.98. The topological polar surface area (TPSA) is 75.7 Å². The Morgan fingerprint density at radius 2 is 1.79 bits per heavy atom. The molecule has 1 amide bonds. The molecule has 0 bridgehead atoms. The first-order valence-electron chi connectivity index (χ1n) is 8.57. The van der Waals surface area contributed by atoms with Crippen molar-refractivity contribution in [1.82, 2.24) is 4.90 Å². The van der Waals surface area contributed by atoms with Gasteiger partial charge < -0.3 is 15.0 Å². The van der Waals surface area contributed by atoms with E-state index in [-0.39, 0.29) is 16.3 Å². The lowest BCUT2D eigenvalue weighted by molar-refractivity contribution is -0.112. The van der Waals surface area contributed by atoms with Gasteiger partial charge in [0.1, 0.15) is 11.6 Å². The molecule has 2 aliphatic heterocycles. The van der Waals surface area contributed by atoms with Gasteiger partial charge in [0.25, 0.3) is 5.91 Å². The molecule has 1 saturated heterocycles. The maximum Gasteiger partial charge on any atom is 0.269 e. The zero-order valence-corrected chi connectivity index (χ0v) is 15.4. The molecule has 0 aliphatic carbocycles. The van der Waals surface area contributed by atoms with Gasteiger partial charge in [0.2, 0.25) is 9.84 Å². The fourth-order valence-electron chi connectivity index (χ4n) is 3.36. The molecule has 4 rings (SSSR count). The summed E-state index contributed by atoms with van der Waals surface area (Å²) in [5, 5.41) is 2.26. The summed E-state index contributed by atoms with van der Waals surface area (Å²) in [5.74, 6) is -2.76. The zero-order chi connectivity index (χ0) is 19.9. The van der Waals surface area contributed by atoms with E-state index in [1.807, 2.05) is 0 Å².